The normalized spacial score (nSPS) is 10.3. The minimum absolute atomic E-state index is 0.273. The third-order valence-corrected chi connectivity index (χ3v) is 3.06. The SMILES string of the molecule is COC(=O)C(=O)c1[nH]c(-c2ccc(C)c(C)c2)nc1O. The molecular weight excluding hydrogens is 260 g/mol. The predicted molar refractivity (Wildman–Crippen MR) is 71.5 cm³/mol. The number of nitrogens with zero attached hydrogens (tertiary/aromatic N) is 1. The van der Waals surface area contributed by atoms with Crippen molar-refractivity contribution in [1.82, 2.24) is 9.97 Å². The zero-order valence-corrected chi connectivity index (χ0v) is 11.4. The molecule has 0 aliphatic rings. The van der Waals surface area contributed by atoms with Gasteiger partial charge in [0.15, 0.2) is 5.69 Å². The molecule has 0 saturated carbocycles. The Hall–Kier alpha value is -2.63. The molecule has 2 aromatic rings. The summed E-state index contributed by atoms with van der Waals surface area (Å²) in [4.78, 5) is 29.3. The molecule has 1 heterocycles. The van der Waals surface area contributed by atoms with Crippen molar-refractivity contribution in [3.05, 3.63) is 35.0 Å². The van der Waals surface area contributed by atoms with Crippen molar-refractivity contribution in [3.8, 4) is 17.3 Å². The summed E-state index contributed by atoms with van der Waals surface area (Å²) in [6, 6.07) is 5.60. The smallest absolute Gasteiger partial charge is 0.381 e. The number of nitrogens with one attached hydrogen (secondary N) is 1. The van der Waals surface area contributed by atoms with Crippen LogP contribution in [0.2, 0.25) is 0 Å². The fourth-order valence-electron chi connectivity index (χ4n) is 1.74. The van der Waals surface area contributed by atoms with Gasteiger partial charge in [0, 0.05) is 5.56 Å². The number of aromatic hydroxyl groups is 1. The molecule has 0 fully saturated rings. The summed E-state index contributed by atoms with van der Waals surface area (Å²) < 4.78 is 4.32. The molecule has 0 amide bonds. The van der Waals surface area contributed by atoms with Crippen LogP contribution >= 0.6 is 0 Å². The van der Waals surface area contributed by atoms with Crippen LogP contribution < -0.4 is 0 Å². The van der Waals surface area contributed by atoms with Crippen molar-refractivity contribution in [2.24, 2.45) is 0 Å². The Balaban J connectivity index is 2.43. The number of rotatable bonds is 3. The molecule has 6 nitrogen and oxygen atoms in total. The summed E-state index contributed by atoms with van der Waals surface area (Å²) >= 11 is 0. The second kappa shape index (κ2) is 5.16. The highest BCUT2D eigenvalue weighted by Crippen LogP contribution is 2.24. The number of methoxy groups -OCH3 is 1. The lowest BCUT2D eigenvalue weighted by Crippen LogP contribution is -2.16. The topological polar surface area (TPSA) is 92.3 Å². The van der Waals surface area contributed by atoms with E-state index < -0.39 is 17.6 Å². The summed E-state index contributed by atoms with van der Waals surface area (Å²) in [5.74, 6) is -2.23. The van der Waals surface area contributed by atoms with Crippen LogP contribution in [0.25, 0.3) is 11.4 Å². The monoisotopic (exact) mass is 274 g/mol. The zero-order valence-electron chi connectivity index (χ0n) is 11.4. The van der Waals surface area contributed by atoms with Gasteiger partial charge in [0.2, 0.25) is 5.88 Å². The number of imidazole rings is 1. The Morgan fingerprint density at radius 1 is 1.25 bits per heavy atom. The van der Waals surface area contributed by atoms with E-state index in [0.29, 0.717) is 11.4 Å². The largest absolute Gasteiger partial charge is 0.492 e. The molecule has 0 aliphatic carbocycles. The Kier molecular flexibility index (Phi) is 3.56. The van der Waals surface area contributed by atoms with Gasteiger partial charge in [-0.2, -0.15) is 4.98 Å². The third kappa shape index (κ3) is 2.40. The summed E-state index contributed by atoms with van der Waals surface area (Å²) in [6.07, 6.45) is 0. The van der Waals surface area contributed by atoms with E-state index in [0.717, 1.165) is 18.2 Å². The van der Waals surface area contributed by atoms with Crippen LogP contribution in [0.3, 0.4) is 0 Å². The molecule has 1 aromatic carbocycles. The van der Waals surface area contributed by atoms with Gasteiger partial charge in [-0.3, -0.25) is 4.79 Å². The number of benzene rings is 1. The number of aromatic nitrogens is 2. The van der Waals surface area contributed by atoms with Gasteiger partial charge in [0.1, 0.15) is 5.82 Å². The highest BCUT2D eigenvalue weighted by Gasteiger charge is 2.24. The van der Waals surface area contributed by atoms with Crippen LogP contribution in [0.1, 0.15) is 21.6 Å². The predicted octanol–water partition coefficient (Wildman–Crippen LogP) is 1.75. The molecule has 0 saturated heterocycles. The molecule has 0 aliphatic heterocycles. The zero-order chi connectivity index (χ0) is 14.9. The molecule has 2 N–H and O–H groups in total. The van der Waals surface area contributed by atoms with E-state index in [1.54, 1.807) is 0 Å². The Morgan fingerprint density at radius 2 is 1.95 bits per heavy atom. The van der Waals surface area contributed by atoms with Gasteiger partial charge in [-0.1, -0.05) is 12.1 Å². The Labute approximate surface area is 115 Å². The van der Waals surface area contributed by atoms with Gasteiger partial charge >= 0.3 is 5.97 Å². The number of carbonyl (C=O) groups excluding carboxylic acids is 2. The van der Waals surface area contributed by atoms with Gasteiger partial charge in [-0.05, 0) is 31.0 Å². The average Bonchev–Trinajstić information content (AvgIpc) is 2.82. The van der Waals surface area contributed by atoms with E-state index in [1.165, 1.54) is 0 Å². The molecule has 0 atom stereocenters. The number of hydrogen-bond acceptors (Lipinski definition) is 5. The van der Waals surface area contributed by atoms with Crippen LogP contribution in [0.15, 0.2) is 18.2 Å². The van der Waals surface area contributed by atoms with Crippen LogP contribution in [-0.2, 0) is 9.53 Å². The fourth-order valence-corrected chi connectivity index (χ4v) is 1.74. The maximum Gasteiger partial charge on any atom is 0.381 e. The van der Waals surface area contributed by atoms with Crippen LogP contribution in [0.5, 0.6) is 5.88 Å². The number of Topliss-reactive ketones (excluding diaryl/α,β-unsaturated/α-hetero) is 1. The second-order valence-electron chi connectivity index (χ2n) is 4.40. The molecule has 2 rings (SSSR count). The lowest BCUT2D eigenvalue weighted by molar-refractivity contribution is -0.135. The molecule has 0 bridgehead atoms. The molecule has 1 aromatic heterocycles. The molecule has 0 unspecified atom stereocenters. The van der Waals surface area contributed by atoms with Crippen LogP contribution in [-0.4, -0.2) is 33.9 Å². The summed E-state index contributed by atoms with van der Waals surface area (Å²) in [6.45, 7) is 3.92. The lowest BCUT2D eigenvalue weighted by atomic mass is 10.1. The summed E-state index contributed by atoms with van der Waals surface area (Å²) in [7, 11) is 1.10. The van der Waals surface area contributed by atoms with E-state index in [4.69, 9.17) is 0 Å². The second-order valence-corrected chi connectivity index (χ2v) is 4.40. The number of ether oxygens (including phenoxy) is 1. The number of ketones is 1. The van der Waals surface area contributed by atoms with Gasteiger partial charge < -0.3 is 14.8 Å². The first-order valence-electron chi connectivity index (χ1n) is 5.93. The van der Waals surface area contributed by atoms with Crippen molar-refractivity contribution in [2.45, 2.75) is 13.8 Å². The third-order valence-electron chi connectivity index (χ3n) is 3.06. The first kappa shape index (κ1) is 13.8. The maximum absolute atomic E-state index is 11.7. The van der Waals surface area contributed by atoms with E-state index in [2.05, 4.69) is 14.7 Å². The van der Waals surface area contributed by atoms with Crippen LogP contribution in [0, 0.1) is 13.8 Å². The Morgan fingerprint density at radius 3 is 2.55 bits per heavy atom. The fraction of sp³-hybridized carbons (Fsp3) is 0.214. The standard InChI is InChI=1S/C14H14N2O4/c1-7-4-5-9(6-8(7)2)12-15-10(13(18)16-12)11(17)14(19)20-3/h4-6,18H,1-3H3,(H,15,16). The summed E-state index contributed by atoms with van der Waals surface area (Å²) in [5, 5.41) is 9.66. The minimum atomic E-state index is -1.06. The van der Waals surface area contributed by atoms with Crippen molar-refractivity contribution in [3.63, 3.8) is 0 Å². The molecule has 0 radical (unpaired) electrons. The summed E-state index contributed by atoms with van der Waals surface area (Å²) in [5.41, 5.74) is 2.62. The molecule has 20 heavy (non-hydrogen) atoms. The van der Waals surface area contributed by atoms with Crippen molar-refractivity contribution < 1.29 is 19.4 Å². The number of carbonyl (C=O) groups is 2. The van der Waals surface area contributed by atoms with Gasteiger partial charge in [0.05, 0.1) is 7.11 Å². The highest BCUT2D eigenvalue weighted by molar-refractivity contribution is 6.40. The first-order chi connectivity index (χ1) is 9.43. The van der Waals surface area contributed by atoms with Crippen molar-refractivity contribution >= 4 is 11.8 Å². The lowest BCUT2D eigenvalue weighted by Gasteiger charge is -2.02. The van der Waals surface area contributed by atoms with Gasteiger partial charge in [-0.15, -0.1) is 0 Å². The van der Waals surface area contributed by atoms with Gasteiger partial charge in [0.25, 0.3) is 5.78 Å². The number of H-pyrrole nitrogens is 1. The molecular formula is C14H14N2O4. The number of esters is 1. The first-order valence-corrected chi connectivity index (χ1v) is 5.93. The van der Waals surface area contributed by atoms with Gasteiger partial charge in [-0.25, -0.2) is 4.79 Å². The maximum atomic E-state index is 11.7. The van der Waals surface area contributed by atoms with E-state index in [9.17, 15) is 14.7 Å². The van der Waals surface area contributed by atoms with E-state index in [1.807, 2.05) is 32.0 Å². The van der Waals surface area contributed by atoms with Crippen LogP contribution in [0.4, 0.5) is 0 Å². The van der Waals surface area contributed by atoms with Crippen molar-refractivity contribution in [2.75, 3.05) is 7.11 Å². The molecule has 104 valence electrons. The Bertz CT molecular complexity index is 688. The molecule has 0 spiro atoms. The highest BCUT2D eigenvalue weighted by atomic mass is 16.5. The minimum Gasteiger partial charge on any atom is -0.492 e. The number of hydrogen-bond donors (Lipinski definition) is 2. The quantitative estimate of drug-likeness (QED) is 0.505. The molecule has 6 heteroatoms. The number of aryl methyl sites for hydroxylation is 2. The number of aromatic amines is 1. The average molecular weight is 274 g/mol. The van der Waals surface area contributed by atoms with E-state index in [-0.39, 0.29) is 5.69 Å². The van der Waals surface area contributed by atoms with E-state index >= 15 is 0 Å². The van der Waals surface area contributed by atoms with Crippen molar-refractivity contribution in [1.29, 1.82) is 0 Å².